The Bertz CT molecular complexity index is 500. The first-order chi connectivity index (χ1) is 7.61. The van der Waals surface area contributed by atoms with Gasteiger partial charge in [0.05, 0.1) is 18.1 Å². The van der Waals surface area contributed by atoms with Crippen LogP contribution in [0.2, 0.25) is 0 Å². The Hall–Kier alpha value is -1.54. The van der Waals surface area contributed by atoms with E-state index in [4.69, 9.17) is 6.57 Å². The van der Waals surface area contributed by atoms with Gasteiger partial charge in [0, 0.05) is 18.8 Å². The highest BCUT2D eigenvalue weighted by atomic mass is 32.2. The summed E-state index contributed by atoms with van der Waals surface area (Å²) >= 11 is 0. The molecule has 16 heavy (non-hydrogen) atoms. The van der Waals surface area contributed by atoms with Crippen LogP contribution in [-0.4, -0.2) is 33.0 Å². The van der Waals surface area contributed by atoms with Gasteiger partial charge in [-0.1, -0.05) is 12.1 Å². The highest BCUT2D eigenvalue weighted by Crippen LogP contribution is 2.21. The van der Waals surface area contributed by atoms with Crippen LogP contribution >= 0.6 is 0 Å². The van der Waals surface area contributed by atoms with E-state index in [1.54, 1.807) is 12.1 Å². The molecule has 1 aromatic carbocycles. The zero-order valence-electron chi connectivity index (χ0n) is 8.76. The third-order valence-electron chi connectivity index (χ3n) is 2.69. The first kappa shape index (κ1) is 11.0. The molecule has 0 spiro atoms. The van der Waals surface area contributed by atoms with Gasteiger partial charge in [0.25, 0.3) is 0 Å². The van der Waals surface area contributed by atoms with Crippen LogP contribution in [0, 0.1) is 6.57 Å². The lowest BCUT2D eigenvalue weighted by molar-refractivity contribution is 0.587. The molecule has 84 valence electrons. The lowest BCUT2D eigenvalue weighted by Crippen LogP contribution is -2.40. The molecular weight excluding hydrogens is 224 g/mol. The molecule has 1 aliphatic heterocycles. The number of nitrogens with zero attached hydrogens (tertiary/aromatic N) is 2. The largest absolute Gasteiger partial charge is 0.370 e. The molecule has 0 atom stereocenters. The molecule has 0 radical (unpaired) electrons. The summed E-state index contributed by atoms with van der Waals surface area (Å²) in [6.45, 7) is 7.93. The molecule has 1 fully saturated rings. The molecule has 0 N–H and O–H groups in total. The summed E-state index contributed by atoms with van der Waals surface area (Å²) in [5, 5.41) is 0. The maximum absolute atomic E-state index is 11.3. The van der Waals surface area contributed by atoms with E-state index in [1.807, 2.05) is 17.0 Å². The van der Waals surface area contributed by atoms with E-state index in [0.717, 1.165) is 5.69 Å². The summed E-state index contributed by atoms with van der Waals surface area (Å²) in [7, 11) is -2.83. The van der Waals surface area contributed by atoms with Crippen molar-refractivity contribution in [3.8, 4) is 0 Å². The van der Waals surface area contributed by atoms with Crippen molar-refractivity contribution in [1.82, 2.24) is 0 Å². The summed E-state index contributed by atoms with van der Waals surface area (Å²) in [4.78, 5) is 5.35. The Morgan fingerprint density at radius 1 is 1.12 bits per heavy atom. The molecule has 0 unspecified atom stereocenters. The zero-order valence-corrected chi connectivity index (χ0v) is 9.57. The van der Waals surface area contributed by atoms with Gasteiger partial charge in [0.15, 0.2) is 15.5 Å². The third-order valence-corrected chi connectivity index (χ3v) is 4.30. The Kier molecular flexibility index (Phi) is 2.84. The number of benzene rings is 1. The van der Waals surface area contributed by atoms with Gasteiger partial charge in [0.1, 0.15) is 0 Å². The summed E-state index contributed by atoms with van der Waals surface area (Å²) in [6, 6.07) is 7.24. The summed E-state index contributed by atoms with van der Waals surface area (Å²) in [5.41, 5.74) is 1.59. The number of rotatable bonds is 1. The quantitative estimate of drug-likeness (QED) is 0.693. The van der Waals surface area contributed by atoms with Gasteiger partial charge < -0.3 is 4.90 Å². The first-order valence-corrected chi connectivity index (χ1v) is 6.86. The van der Waals surface area contributed by atoms with E-state index in [0.29, 0.717) is 18.8 Å². The van der Waals surface area contributed by atoms with Crippen LogP contribution in [0.15, 0.2) is 24.3 Å². The zero-order chi connectivity index (χ0) is 11.6. The molecule has 1 saturated heterocycles. The van der Waals surface area contributed by atoms with Gasteiger partial charge in [-0.3, -0.25) is 0 Å². The molecule has 0 aliphatic carbocycles. The minimum absolute atomic E-state index is 0.220. The number of hydrogen-bond donors (Lipinski definition) is 0. The molecule has 1 heterocycles. The topological polar surface area (TPSA) is 41.7 Å². The number of sulfone groups is 1. The molecule has 4 nitrogen and oxygen atoms in total. The van der Waals surface area contributed by atoms with Crippen LogP contribution < -0.4 is 4.90 Å². The van der Waals surface area contributed by atoms with E-state index >= 15 is 0 Å². The highest BCUT2D eigenvalue weighted by molar-refractivity contribution is 7.91. The maximum Gasteiger partial charge on any atom is 0.187 e. The van der Waals surface area contributed by atoms with Gasteiger partial charge in [-0.2, -0.15) is 0 Å². The minimum Gasteiger partial charge on any atom is -0.370 e. The van der Waals surface area contributed by atoms with Gasteiger partial charge in [0.2, 0.25) is 0 Å². The third kappa shape index (κ3) is 2.34. The van der Waals surface area contributed by atoms with E-state index in [2.05, 4.69) is 4.85 Å². The molecule has 1 aromatic rings. The van der Waals surface area contributed by atoms with Crippen LogP contribution in [0.5, 0.6) is 0 Å². The predicted molar refractivity (Wildman–Crippen MR) is 63.6 cm³/mol. The first-order valence-electron chi connectivity index (χ1n) is 5.04. The van der Waals surface area contributed by atoms with Gasteiger partial charge in [-0.25, -0.2) is 13.3 Å². The Morgan fingerprint density at radius 2 is 1.69 bits per heavy atom. The average Bonchev–Trinajstić information content (AvgIpc) is 2.29. The monoisotopic (exact) mass is 236 g/mol. The second-order valence-electron chi connectivity index (χ2n) is 3.77. The van der Waals surface area contributed by atoms with Gasteiger partial charge in [-0.05, 0) is 12.1 Å². The second kappa shape index (κ2) is 4.14. The maximum atomic E-state index is 11.3. The van der Waals surface area contributed by atoms with Crippen molar-refractivity contribution < 1.29 is 8.42 Å². The lowest BCUT2D eigenvalue weighted by atomic mass is 10.2. The Balaban J connectivity index is 2.12. The molecule has 1 aliphatic rings. The van der Waals surface area contributed by atoms with Crippen molar-refractivity contribution in [3.05, 3.63) is 35.7 Å². The molecule has 0 saturated carbocycles. The van der Waals surface area contributed by atoms with Gasteiger partial charge in [-0.15, -0.1) is 0 Å². The smallest absolute Gasteiger partial charge is 0.187 e. The van der Waals surface area contributed by atoms with E-state index in [-0.39, 0.29) is 11.5 Å². The van der Waals surface area contributed by atoms with Crippen LogP contribution in [-0.2, 0) is 9.84 Å². The fourth-order valence-electron chi connectivity index (χ4n) is 1.71. The molecule has 0 aromatic heterocycles. The predicted octanol–water partition coefficient (Wildman–Crippen LogP) is 1.47. The average molecular weight is 236 g/mol. The minimum atomic E-state index is -2.83. The van der Waals surface area contributed by atoms with Crippen LogP contribution in [0.25, 0.3) is 4.85 Å². The lowest BCUT2D eigenvalue weighted by Gasteiger charge is -2.28. The fourth-order valence-corrected chi connectivity index (χ4v) is 2.91. The van der Waals surface area contributed by atoms with Crippen molar-refractivity contribution in [2.45, 2.75) is 0 Å². The van der Waals surface area contributed by atoms with Crippen molar-refractivity contribution in [2.75, 3.05) is 29.5 Å². The summed E-state index contributed by atoms with van der Waals surface area (Å²) < 4.78 is 22.5. The number of hydrogen-bond acceptors (Lipinski definition) is 3. The van der Waals surface area contributed by atoms with E-state index < -0.39 is 9.84 Å². The second-order valence-corrected chi connectivity index (χ2v) is 6.07. The van der Waals surface area contributed by atoms with Crippen molar-refractivity contribution in [1.29, 1.82) is 0 Å². The van der Waals surface area contributed by atoms with Crippen LogP contribution in [0.4, 0.5) is 11.4 Å². The molecule has 5 heteroatoms. The summed E-state index contributed by atoms with van der Waals surface area (Å²) in [5.74, 6) is 0.440. The van der Waals surface area contributed by atoms with Crippen molar-refractivity contribution >= 4 is 21.2 Å². The fraction of sp³-hybridized carbons (Fsp3) is 0.364. The van der Waals surface area contributed by atoms with Crippen LogP contribution in [0.3, 0.4) is 0 Å². The molecule has 0 amide bonds. The van der Waals surface area contributed by atoms with Crippen molar-refractivity contribution in [2.24, 2.45) is 0 Å². The van der Waals surface area contributed by atoms with Gasteiger partial charge >= 0.3 is 0 Å². The van der Waals surface area contributed by atoms with Crippen LogP contribution in [0.1, 0.15) is 0 Å². The van der Waals surface area contributed by atoms with E-state index in [1.165, 1.54) is 0 Å². The molecular formula is C11H12N2O2S. The van der Waals surface area contributed by atoms with E-state index in [9.17, 15) is 8.42 Å². The van der Waals surface area contributed by atoms with Crippen molar-refractivity contribution in [3.63, 3.8) is 0 Å². The Morgan fingerprint density at radius 3 is 2.19 bits per heavy atom. The number of anilines is 1. The standard InChI is InChI=1S/C11H12N2O2S/c1-12-10-2-4-11(5-3-10)13-6-8-16(14,15)9-7-13/h2-5H,6-9H2. The molecule has 0 bridgehead atoms. The highest BCUT2D eigenvalue weighted by Gasteiger charge is 2.21. The summed E-state index contributed by atoms with van der Waals surface area (Å²) in [6.07, 6.45) is 0. The SMILES string of the molecule is [C-]#[N+]c1ccc(N2CCS(=O)(=O)CC2)cc1. The Labute approximate surface area is 95.2 Å². The molecule has 2 rings (SSSR count). The normalized spacial score (nSPS) is 19.1.